The molecule has 0 spiro atoms. The van der Waals surface area contributed by atoms with Gasteiger partial charge in [-0.25, -0.2) is 4.98 Å². The third-order valence-corrected chi connectivity index (χ3v) is 4.60. The summed E-state index contributed by atoms with van der Waals surface area (Å²) >= 11 is 7.47. The zero-order valence-electron chi connectivity index (χ0n) is 12.3. The van der Waals surface area contributed by atoms with E-state index < -0.39 is 0 Å². The molecule has 1 fully saturated rings. The molecule has 6 heteroatoms. The number of rotatable bonds is 7. The summed E-state index contributed by atoms with van der Waals surface area (Å²) in [5, 5.41) is 7.16. The lowest BCUT2D eigenvalue weighted by Crippen LogP contribution is -2.25. The normalized spacial score (nSPS) is 17.8. The molecule has 0 amide bonds. The Bertz CT molecular complexity index is 582. The predicted molar refractivity (Wildman–Crippen MR) is 88.6 cm³/mol. The Balaban J connectivity index is 1.41. The van der Waals surface area contributed by atoms with E-state index in [1.165, 1.54) is 6.42 Å². The van der Waals surface area contributed by atoms with Gasteiger partial charge in [0.05, 0.1) is 11.8 Å². The molecule has 1 aliphatic heterocycles. The number of aromatic nitrogens is 1. The minimum Gasteiger partial charge on any atom is -0.486 e. The molecule has 1 saturated heterocycles. The summed E-state index contributed by atoms with van der Waals surface area (Å²) in [5.74, 6) is 0.803. The molecule has 22 heavy (non-hydrogen) atoms. The van der Waals surface area contributed by atoms with E-state index in [1.807, 2.05) is 24.3 Å². The standard InChI is InChI=1S/C16H19ClN2O2S/c17-12-3-5-14(6-4-12)21-10-16-19-13(11-22-16)8-18-9-15-2-1-7-20-15/h3-6,11,15,18H,1-2,7-10H2. The Labute approximate surface area is 139 Å². The molecule has 3 rings (SSSR count). The maximum Gasteiger partial charge on any atom is 0.140 e. The fourth-order valence-corrected chi connectivity index (χ4v) is 3.17. The highest BCUT2D eigenvalue weighted by molar-refractivity contribution is 7.09. The van der Waals surface area contributed by atoms with E-state index >= 15 is 0 Å². The van der Waals surface area contributed by atoms with Crippen LogP contribution in [-0.2, 0) is 17.9 Å². The molecule has 0 radical (unpaired) electrons. The van der Waals surface area contributed by atoms with Gasteiger partial charge in [-0.05, 0) is 37.1 Å². The van der Waals surface area contributed by atoms with Gasteiger partial charge in [-0.15, -0.1) is 11.3 Å². The Hall–Kier alpha value is -1.14. The van der Waals surface area contributed by atoms with Crippen molar-refractivity contribution in [1.82, 2.24) is 10.3 Å². The number of ether oxygens (including phenoxy) is 2. The van der Waals surface area contributed by atoms with Crippen molar-refractivity contribution >= 4 is 22.9 Å². The fraction of sp³-hybridized carbons (Fsp3) is 0.438. The van der Waals surface area contributed by atoms with Crippen LogP contribution < -0.4 is 10.1 Å². The average Bonchev–Trinajstić information content (AvgIpc) is 3.19. The van der Waals surface area contributed by atoms with Crippen molar-refractivity contribution < 1.29 is 9.47 Å². The van der Waals surface area contributed by atoms with Crippen LogP contribution in [0.15, 0.2) is 29.6 Å². The van der Waals surface area contributed by atoms with E-state index in [2.05, 4.69) is 15.7 Å². The molecule has 118 valence electrons. The van der Waals surface area contributed by atoms with Crippen LogP contribution in [-0.4, -0.2) is 24.2 Å². The van der Waals surface area contributed by atoms with Crippen molar-refractivity contribution in [1.29, 1.82) is 0 Å². The summed E-state index contributed by atoms with van der Waals surface area (Å²) < 4.78 is 11.3. The monoisotopic (exact) mass is 338 g/mol. The smallest absolute Gasteiger partial charge is 0.140 e. The van der Waals surface area contributed by atoms with Crippen LogP contribution in [0.1, 0.15) is 23.5 Å². The van der Waals surface area contributed by atoms with Crippen LogP contribution in [0.2, 0.25) is 5.02 Å². The molecule has 1 aliphatic rings. The lowest BCUT2D eigenvalue weighted by molar-refractivity contribution is 0.110. The van der Waals surface area contributed by atoms with Gasteiger partial charge in [0.15, 0.2) is 0 Å². The van der Waals surface area contributed by atoms with Crippen molar-refractivity contribution in [2.24, 2.45) is 0 Å². The number of nitrogens with one attached hydrogen (secondary N) is 1. The molecule has 1 aromatic heterocycles. The van der Waals surface area contributed by atoms with Crippen LogP contribution in [0.4, 0.5) is 0 Å². The Kier molecular flexibility index (Phi) is 5.67. The summed E-state index contributed by atoms with van der Waals surface area (Å²) in [6.07, 6.45) is 2.70. The summed E-state index contributed by atoms with van der Waals surface area (Å²) in [5.41, 5.74) is 1.05. The van der Waals surface area contributed by atoms with Crippen LogP contribution in [0, 0.1) is 0 Å². The maximum atomic E-state index is 5.85. The second-order valence-electron chi connectivity index (χ2n) is 5.24. The van der Waals surface area contributed by atoms with Crippen LogP contribution in [0.5, 0.6) is 5.75 Å². The first kappa shape index (κ1) is 15.7. The average molecular weight is 339 g/mol. The first-order valence-corrected chi connectivity index (χ1v) is 8.69. The summed E-state index contributed by atoms with van der Waals surface area (Å²) in [7, 11) is 0. The van der Waals surface area contributed by atoms with Gasteiger partial charge in [0.2, 0.25) is 0 Å². The summed E-state index contributed by atoms with van der Waals surface area (Å²) in [4.78, 5) is 4.57. The lowest BCUT2D eigenvalue weighted by atomic mass is 10.2. The predicted octanol–water partition coefficient (Wildman–Crippen LogP) is 3.64. The molecule has 1 unspecified atom stereocenters. The molecular formula is C16H19ClN2O2S. The Morgan fingerprint density at radius 3 is 3.00 bits per heavy atom. The molecule has 2 heterocycles. The topological polar surface area (TPSA) is 43.4 Å². The van der Waals surface area contributed by atoms with E-state index in [0.29, 0.717) is 17.7 Å². The molecule has 1 aromatic carbocycles. The molecule has 0 bridgehead atoms. The Morgan fingerprint density at radius 2 is 2.23 bits per heavy atom. The SMILES string of the molecule is Clc1ccc(OCc2nc(CNCC3CCCO3)cs2)cc1. The van der Waals surface area contributed by atoms with Crippen molar-refractivity contribution in [2.75, 3.05) is 13.2 Å². The zero-order chi connectivity index (χ0) is 15.2. The first-order chi connectivity index (χ1) is 10.8. The van der Waals surface area contributed by atoms with Gasteiger partial charge in [-0.1, -0.05) is 11.6 Å². The summed E-state index contributed by atoms with van der Waals surface area (Å²) in [6, 6.07) is 7.36. The van der Waals surface area contributed by atoms with Crippen molar-refractivity contribution in [3.05, 3.63) is 45.4 Å². The molecule has 1 atom stereocenters. The Morgan fingerprint density at radius 1 is 1.36 bits per heavy atom. The molecule has 0 aliphatic carbocycles. The zero-order valence-corrected chi connectivity index (χ0v) is 13.8. The number of benzene rings is 1. The maximum absolute atomic E-state index is 5.85. The quantitative estimate of drug-likeness (QED) is 0.837. The highest BCUT2D eigenvalue weighted by Gasteiger charge is 2.14. The molecule has 1 N–H and O–H groups in total. The number of thiazole rings is 1. The van der Waals surface area contributed by atoms with Crippen LogP contribution in [0.3, 0.4) is 0 Å². The van der Waals surface area contributed by atoms with Crippen LogP contribution in [0.25, 0.3) is 0 Å². The number of nitrogens with zero attached hydrogens (tertiary/aromatic N) is 1. The van der Waals surface area contributed by atoms with E-state index in [1.54, 1.807) is 11.3 Å². The fourth-order valence-electron chi connectivity index (χ4n) is 2.34. The second kappa shape index (κ2) is 7.92. The van der Waals surface area contributed by atoms with E-state index in [9.17, 15) is 0 Å². The molecular weight excluding hydrogens is 320 g/mol. The van der Waals surface area contributed by atoms with Gasteiger partial charge in [0, 0.05) is 30.1 Å². The van der Waals surface area contributed by atoms with Crippen molar-refractivity contribution in [2.45, 2.75) is 32.1 Å². The summed E-state index contributed by atoms with van der Waals surface area (Å²) in [6.45, 7) is 3.05. The number of halogens is 1. The lowest BCUT2D eigenvalue weighted by Gasteiger charge is -2.09. The highest BCUT2D eigenvalue weighted by atomic mass is 35.5. The number of hydrogen-bond acceptors (Lipinski definition) is 5. The van der Waals surface area contributed by atoms with Crippen LogP contribution >= 0.6 is 22.9 Å². The van der Waals surface area contributed by atoms with E-state index in [0.717, 1.165) is 42.6 Å². The third kappa shape index (κ3) is 4.68. The van der Waals surface area contributed by atoms with E-state index in [4.69, 9.17) is 21.1 Å². The van der Waals surface area contributed by atoms with Gasteiger partial charge in [0.25, 0.3) is 0 Å². The number of hydrogen-bond donors (Lipinski definition) is 1. The minimum atomic E-state index is 0.367. The van der Waals surface area contributed by atoms with Gasteiger partial charge in [-0.3, -0.25) is 0 Å². The first-order valence-electron chi connectivity index (χ1n) is 7.43. The molecule has 4 nitrogen and oxygen atoms in total. The van der Waals surface area contributed by atoms with Gasteiger partial charge < -0.3 is 14.8 Å². The minimum absolute atomic E-state index is 0.367. The second-order valence-corrected chi connectivity index (χ2v) is 6.62. The molecule has 0 saturated carbocycles. The van der Waals surface area contributed by atoms with Crippen molar-refractivity contribution in [3.63, 3.8) is 0 Å². The highest BCUT2D eigenvalue weighted by Crippen LogP contribution is 2.18. The largest absolute Gasteiger partial charge is 0.486 e. The van der Waals surface area contributed by atoms with Gasteiger partial charge >= 0.3 is 0 Å². The van der Waals surface area contributed by atoms with Gasteiger partial charge in [-0.2, -0.15) is 0 Å². The van der Waals surface area contributed by atoms with Crippen molar-refractivity contribution in [3.8, 4) is 5.75 Å². The third-order valence-electron chi connectivity index (χ3n) is 3.48. The van der Waals surface area contributed by atoms with E-state index in [-0.39, 0.29) is 0 Å². The molecule has 2 aromatic rings. The van der Waals surface area contributed by atoms with Gasteiger partial charge in [0.1, 0.15) is 17.4 Å².